The Labute approximate surface area is 116 Å². The van der Waals surface area contributed by atoms with Crippen LogP contribution in [0.4, 0.5) is 5.82 Å². The summed E-state index contributed by atoms with van der Waals surface area (Å²) in [5.74, 6) is 0.796. The fraction of sp³-hybridized carbons (Fsp3) is 0.357. The van der Waals surface area contributed by atoms with Crippen LogP contribution in [-0.4, -0.2) is 52.7 Å². The number of anilines is 1. The molecule has 0 unspecified atom stereocenters. The Bertz CT molecular complexity index is 656. The van der Waals surface area contributed by atoms with Crippen molar-refractivity contribution in [3.05, 3.63) is 30.1 Å². The molecule has 0 atom stereocenters. The van der Waals surface area contributed by atoms with Crippen LogP contribution < -0.4 is 4.90 Å². The van der Waals surface area contributed by atoms with Crippen molar-refractivity contribution in [3.8, 4) is 0 Å². The Hall–Kier alpha value is -2.37. The summed E-state index contributed by atoms with van der Waals surface area (Å²) in [7, 11) is 0. The second-order valence-corrected chi connectivity index (χ2v) is 4.86. The molecule has 6 nitrogen and oxygen atoms in total. The Morgan fingerprint density at radius 2 is 2.00 bits per heavy atom. The summed E-state index contributed by atoms with van der Waals surface area (Å²) in [6.07, 6.45) is 2.67. The molecule has 0 aromatic carbocycles. The third-order valence-electron chi connectivity index (χ3n) is 3.68. The van der Waals surface area contributed by atoms with E-state index < -0.39 is 0 Å². The molecule has 0 bridgehead atoms. The van der Waals surface area contributed by atoms with Crippen LogP contribution in [0.25, 0.3) is 5.65 Å². The van der Waals surface area contributed by atoms with Gasteiger partial charge in [-0.15, -0.1) is 0 Å². The van der Waals surface area contributed by atoms with Gasteiger partial charge < -0.3 is 9.80 Å². The molecule has 1 aliphatic rings. The number of nitrogens with zero attached hydrogens (tertiary/aromatic N) is 4. The minimum absolute atomic E-state index is 0.0928. The van der Waals surface area contributed by atoms with Gasteiger partial charge in [0.25, 0.3) is 0 Å². The van der Waals surface area contributed by atoms with Crippen LogP contribution in [0, 0.1) is 0 Å². The highest BCUT2D eigenvalue weighted by Crippen LogP contribution is 2.21. The first-order valence-corrected chi connectivity index (χ1v) is 6.63. The molecule has 1 amide bonds. The summed E-state index contributed by atoms with van der Waals surface area (Å²) < 4.78 is 1.79. The van der Waals surface area contributed by atoms with Gasteiger partial charge in [0.15, 0.2) is 12.1 Å². The van der Waals surface area contributed by atoms with Gasteiger partial charge >= 0.3 is 0 Å². The van der Waals surface area contributed by atoms with Crippen LogP contribution in [-0.2, 0) is 4.79 Å². The quantitative estimate of drug-likeness (QED) is 0.759. The predicted octanol–water partition coefficient (Wildman–Crippen LogP) is 0.815. The third-order valence-corrected chi connectivity index (χ3v) is 3.68. The van der Waals surface area contributed by atoms with Crippen LogP contribution >= 0.6 is 0 Å². The number of aromatic nitrogens is 2. The zero-order valence-corrected chi connectivity index (χ0v) is 11.3. The standard InChI is InChI=1S/C14H16N4O2/c1-11(20)16-6-8-17(9-7-16)14-12(10-19)18-5-3-2-4-13(18)15-14/h2-5,10H,6-9H2,1H3. The highest BCUT2D eigenvalue weighted by molar-refractivity contribution is 5.83. The van der Waals surface area contributed by atoms with Crippen molar-refractivity contribution >= 4 is 23.7 Å². The number of imidazole rings is 1. The smallest absolute Gasteiger partial charge is 0.219 e. The number of piperazine rings is 1. The molecule has 0 aliphatic carbocycles. The first-order valence-electron chi connectivity index (χ1n) is 6.63. The fourth-order valence-electron chi connectivity index (χ4n) is 2.58. The number of fused-ring (bicyclic) bond motifs is 1. The first kappa shape index (κ1) is 12.7. The Balaban J connectivity index is 1.91. The van der Waals surface area contributed by atoms with Crippen LogP contribution in [0.1, 0.15) is 17.4 Å². The molecule has 3 heterocycles. The molecule has 1 aliphatic heterocycles. The minimum Gasteiger partial charge on any atom is -0.351 e. The van der Waals surface area contributed by atoms with Crippen LogP contribution in [0.3, 0.4) is 0 Å². The number of hydrogen-bond donors (Lipinski definition) is 0. The minimum atomic E-state index is 0.0928. The maximum absolute atomic E-state index is 11.4. The van der Waals surface area contributed by atoms with Crippen LogP contribution in [0.5, 0.6) is 0 Å². The van der Waals surface area contributed by atoms with Gasteiger partial charge in [0.1, 0.15) is 11.3 Å². The molecule has 0 radical (unpaired) electrons. The summed E-state index contributed by atoms with van der Waals surface area (Å²) in [6.45, 7) is 4.31. The van der Waals surface area contributed by atoms with E-state index in [2.05, 4.69) is 9.88 Å². The topological polar surface area (TPSA) is 57.9 Å². The van der Waals surface area contributed by atoms with E-state index in [4.69, 9.17) is 0 Å². The van der Waals surface area contributed by atoms with Crippen molar-refractivity contribution in [2.75, 3.05) is 31.1 Å². The SMILES string of the molecule is CC(=O)N1CCN(c2nc3ccccn3c2C=O)CC1. The van der Waals surface area contributed by atoms with E-state index in [0.717, 1.165) is 11.9 Å². The zero-order chi connectivity index (χ0) is 14.1. The van der Waals surface area contributed by atoms with Crippen molar-refractivity contribution < 1.29 is 9.59 Å². The molecular formula is C14H16N4O2. The normalized spacial score (nSPS) is 15.7. The monoisotopic (exact) mass is 272 g/mol. The van der Waals surface area contributed by atoms with Gasteiger partial charge in [-0.25, -0.2) is 4.98 Å². The Morgan fingerprint density at radius 3 is 2.65 bits per heavy atom. The highest BCUT2D eigenvalue weighted by atomic mass is 16.2. The number of pyridine rings is 1. The summed E-state index contributed by atoms with van der Waals surface area (Å²) in [6, 6.07) is 5.65. The van der Waals surface area contributed by atoms with E-state index in [1.54, 1.807) is 11.3 Å². The number of hydrogen-bond acceptors (Lipinski definition) is 4. The number of carbonyl (C=O) groups excluding carboxylic acids is 2. The third kappa shape index (κ3) is 2.03. The molecule has 0 N–H and O–H groups in total. The summed E-state index contributed by atoms with van der Waals surface area (Å²) in [5, 5.41) is 0. The number of amides is 1. The second-order valence-electron chi connectivity index (χ2n) is 4.86. The molecular weight excluding hydrogens is 256 g/mol. The molecule has 1 saturated heterocycles. The average Bonchev–Trinajstić information content (AvgIpc) is 2.85. The van der Waals surface area contributed by atoms with Crippen molar-refractivity contribution in [2.45, 2.75) is 6.92 Å². The van der Waals surface area contributed by atoms with E-state index in [9.17, 15) is 9.59 Å². The molecule has 1 fully saturated rings. The van der Waals surface area contributed by atoms with Gasteiger partial charge in [0.2, 0.25) is 5.91 Å². The second kappa shape index (κ2) is 4.96. The lowest BCUT2D eigenvalue weighted by atomic mass is 10.3. The lowest BCUT2D eigenvalue weighted by molar-refractivity contribution is -0.129. The molecule has 2 aromatic heterocycles. The molecule has 20 heavy (non-hydrogen) atoms. The average molecular weight is 272 g/mol. The van der Waals surface area contributed by atoms with Crippen molar-refractivity contribution in [2.24, 2.45) is 0 Å². The van der Waals surface area contributed by atoms with Crippen molar-refractivity contribution in [3.63, 3.8) is 0 Å². The van der Waals surface area contributed by atoms with Gasteiger partial charge in [-0.1, -0.05) is 6.07 Å². The van der Waals surface area contributed by atoms with Crippen LogP contribution in [0.15, 0.2) is 24.4 Å². The van der Waals surface area contributed by atoms with Gasteiger partial charge in [0.05, 0.1) is 0 Å². The van der Waals surface area contributed by atoms with Gasteiger partial charge in [0, 0.05) is 39.3 Å². The van der Waals surface area contributed by atoms with E-state index >= 15 is 0 Å². The van der Waals surface area contributed by atoms with Crippen molar-refractivity contribution in [1.82, 2.24) is 14.3 Å². The maximum atomic E-state index is 11.4. The molecule has 2 aromatic rings. The molecule has 104 valence electrons. The molecule has 3 rings (SSSR count). The van der Waals surface area contributed by atoms with E-state index in [1.165, 1.54) is 0 Å². The summed E-state index contributed by atoms with van der Waals surface area (Å²) in [4.78, 5) is 31.1. The number of rotatable bonds is 2. The zero-order valence-electron chi connectivity index (χ0n) is 11.3. The lowest BCUT2D eigenvalue weighted by Gasteiger charge is -2.34. The molecule has 0 saturated carbocycles. The summed E-state index contributed by atoms with van der Waals surface area (Å²) in [5.41, 5.74) is 1.33. The number of carbonyl (C=O) groups is 2. The Kier molecular flexibility index (Phi) is 3.14. The molecule has 6 heteroatoms. The van der Waals surface area contributed by atoms with Crippen LogP contribution in [0.2, 0.25) is 0 Å². The van der Waals surface area contributed by atoms with E-state index in [0.29, 0.717) is 37.7 Å². The van der Waals surface area contributed by atoms with Gasteiger partial charge in [-0.05, 0) is 12.1 Å². The predicted molar refractivity (Wildman–Crippen MR) is 75.0 cm³/mol. The fourth-order valence-corrected chi connectivity index (χ4v) is 2.58. The Morgan fingerprint density at radius 1 is 1.25 bits per heavy atom. The first-order chi connectivity index (χ1) is 9.70. The highest BCUT2D eigenvalue weighted by Gasteiger charge is 2.23. The van der Waals surface area contributed by atoms with Crippen molar-refractivity contribution in [1.29, 1.82) is 0 Å². The lowest BCUT2D eigenvalue weighted by Crippen LogP contribution is -2.48. The largest absolute Gasteiger partial charge is 0.351 e. The number of aldehydes is 1. The maximum Gasteiger partial charge on any atom is 0.219 e. The summed E-state index contributed by atoms with van der Waals surface area (Å²) >= 11 is 0. The van der Waals surface area contributed by atoms with Gasteiger partial charge in [-0.3, -0.25) is 14.0 Å². The van der Waals surface area contributed by atoms with E-state index in [-0.39, 0.29) is 5.91 Å². The van der Waals surface area contributed by atoms with Gasteiger partial charge in [-0.2, -0.15) is 0 Å². The molecule has 0 spiro atoms. The van der Waals surface area contributed by atoms with E-state index in [1.807, 2.05) is 29.3 Å².